The maximum atomic E-state index is 13.6. The van der Waals surface area contributed by atoms with Gasteiger partial charge in [0.25, 0.3) is 0 Å². The van der Waals surface area contributed by atoms with E-state index in [4.69, 9.17) is 5.73 Å². The van der Waals surface area contributed by atoms with Crippen LogP contribution in [0.2, 0.25) is 0 Å². The molecule has 3 nitrogen and oxygen atoms in total. The second-order valence-electron chi connectivity index (χ2n) is 4.30. The molecule has 3 N–H and O–H groups in total. The van der Waals surface area contributed by atoms with Crippen LogP contribution in [0.4, 0.5) is 15.8 Å². The third kappa shape index (κ3) is 3.74. The van der Waals surface area contributed by atoms with Crippen LogP contribution >= 0.6 is 11.8 Å². The Morgan fingerprint density at radius 2 is 1.95 bits per heavy atom. The molecule has 104 valence electrons. The Morgan fingerprint density at radius 3 is 2.55 bits per heavy atom. The lowest BCUT2D eigenvalue weighted by Gasteiger charge is -2.07. The van der Waals surface area contributed by atoms with Gasteiger partial charge in [-0.05, 0) is 36.4 Å². The van der Waals surface area contributed by atoms with Crippen LogP contribution in [0, 0.1) is 5.82 Å². The van der Waals surface area contributed by atoms with E-state index in [9.17, 15) is 9.18 Å². The van der Waals surface area contributed by atoms with E-state index in [0.29, 0.717) is 17.0 Å². The smallest absolute Gasteiger partial charge is 0.221 e. The molecule has 0 aliphatic rings. The molecule has 0 aliphatic heterocycles. The van der Waals surface area contributed by atoms with Crippen molar-refractivity contribution < 1.29 is 9.18 Å². The number of carbonyl (C=O) groups is 1. The van der Waals surface area contributed by atoms with E-state index >= 15 is 0 Å². The van der Waals surface area contributed by atoms with E-state index in [1.165, 1.54) is 24.8 Å². The fourth-order valence-electron chi connectivity index (χ4n) is 1.72. The molecule has 0 bridgehead atoms. The maximum absolute atomic E-state index is 13.6. The van der Waals surface area contributed by atoms with Crippen molar-refractivity contribution in [2.75, 3.05) is 11.1 Å². The number of amides is 1. The van der Waals surface area contributed by atoms with Crippen LogP contribution in [-0.2, 0) is 10.5 Å². The highest BCUT2D eigenvalue weighted by Gasteiger charge is 2.06. The minimum Gasteiger partial charge on any atom is -0.398 e. The van der Waals surface area contributed by atoms with Gasteiger partial charge in [-0.15, -0.1) is 11.8 Å². The lowest BCUT2D eigenvalue weighted by Crippen LogP contribution is -2.05. The van der Waals surface area contributed by atoms with Gasteiger partial charge in [0.1, 0.15) is 5.82 Å². The molecule has 2 aromatic rings. The average molecular weight is 290 g/mol. The zero-order valence-electron chi connectivity index (χ0n) is 11.0. The van der Waals surface area contributed by atoms with Gasteiger partial charge in [-0.25, -0.2) is 4.39 Å². The quantitative estimate of drug-likeness (QED) is 0.667. The average Bonchev–Trinajstić information content (AvgIpc) is 2.39. The lowest BCUT2D eigenvalue weighted by atomic mass is 10.2. The summed E-state index contributed by atoms with van der Waals surface area (Å²) in [7, 11) is 0. The normalized spacial score (nSPS) is 10.3. The topological polar surface area (TPSA) is 55.1 Å². The van der Waals surface area contributed by atoms with Crippen LogP contribution in [0.3, 0.4) is 0 Å². The number of carbonyl (C=O) groups excluding carboxylic acids is 1. The molecule has 0 aromatic heterocycles. The number of nitrogens with one attached hydrogen (secondary N) is 1. The summed E-state index contributed by atoms with van der Waals surface area (Å²) < 4.78 is 13.6. The van der Waals surface area contributed by atoms with Crippen LogP contribution in [0.25, 0.3) is 0 Å². The first kappa shape index (κ1) is 14.4. The highest BCUT2D eigenvalue weighted by molar-refractivity contribution is 7.98. The number of benzene rings is 2. The minimum atomic E-state index is -0.285. The summed E-state index contributed by atoms with van der Waals surface area (Å²) in [6, 6.07) is 12.1. The number of anilines is 2. The molecular weight excluding hydrogens is 275 g/mol. The predicted molar refractivity (Wildman–Crippen MR) is 81.1 cm³/mol. The molecule has 2 aromatic carbocycles. The van der Waals surface area contributed by atoms with Crippen molar-refractivity contribution in [3.8, 4) is 0 Å². The Balaban J connectivity index is 2.02. The van der Waals surface area contributed by atoms with Crippen molar-refractivity contribution in [1.29, 1.82) is 0 Å². The Labute approximate surface area is 121 Å². The largest absolute Gasteiger partial charge is 0.398 e. The molecule has 0 saturated carbocycles. The summed E-state index contributed by atoms with van der Waals surface area (Å²) in [6.45, 7) is 1.46. The Hall–Kier alpha value is -2.01. The van der Waals surface area contributed by atoms with Gasteiger partial charge in [0.05, 0.1) is 0 Å². The molecule has 5 heteroatoms. The Kier molecular flexibility index (Phi) is 4.63. The van der Waals surface area contributed by atoms with E-state index in [2.05, 4.69) is 5.32 Å². The van der Waals surface area contributed by atoms with E-state index in [0.717, 1.165) is 10.6 Å². The second-order valence-corrected chi connectivity index (χ2v) is 5.35. The van der Waals surface area contributed by atoms with Crippen LogP contribution in [0.5, 0.6) is 0 Å². The third-order valence-corrected chi connectivity index (χ3v) is 3.75. The van der Waals surface area contributed by atoms with E-state index in [1.54, 1.807) is 12.1 Å². The Bertz CT molecular complexity index is 594. The molecule has 0 fully saturated rings. The summed E-state index contributed by atoms with van der Waals surface area (Å²) in [5.41, 5.74) is 7.49. The van der Waals surface area contributed by atoms with Crippen molar-refractivity contribution in [3.05, 3.63) is 53.8 Å². The number of hydrogen-bond donors (Lipinski definition) is 2. The predicted octanol–water partition coefficient (Wildman–Crippen LogP) is 3.66. The van der Waals surface area contributed by atoms with Gasteiger partial charge in [-0.1, -0.05) is 6.07 Å². The second kappa shape index (κ2) is 6.43. The van der Waals surface area contributed by atoms with Gasteiger partial charge in [-0.2, -0.15) is 0 Å². The van der Waals surface area contributed by atoms with Crippen molar-refractivity contribution in [2.24, 2.45) is 0 Å². The van der Waals surface area contributed by atoms with Crippen molar-refractivity contribution >= 4 is 29.0 Å². The molecule has 0 heterocycles. The fraction of sp³-hybridized carbons (Fsp3) is 0.133. The van der Waals surface area contributed by atoms with Gasteiger partial charge in [-0.3, -0.25) is 4.79 Å². The standard InChI is InChI=1S/C15H15FN2OS/c1-10(19)18-11-5-7-12(8-6-11)20-9-13-14(16)3-2-4-15(13)17/h2-8H,9,17H2,1H3,(H,18,19). The van der Waals surface area contributed by atoms with E-state index in [-0.39, 0.29) is 11.7 Å². The van der Waals surface area contributed by atoms with Gasteiger partial charge >= 0.3 is 0 Å². The van der Waals surface area contributed by atoms with Crippen LogP contribution < -0.4 is 11.1 Å². The van der Waals surface area contributed by atoms with Gasteiger partial charge in [0, 0.05) is 34.5 Å². The van der Waals surface area contributed by atoms with Crippen molar-refractivity contribution in [3.63, 3.8) is 0 Å². The zero-order chi connectivity index (χ0) is 14.5. The molecule has 0 aliphatic carbocycles. The van der Waals surface area contributed by atoms with E-state index in [1.807, 2.05) is 24.3 Å². The third-order valence-electron chi connectivity index (χ3n) is 2.71. The van der Waals surface area contributed by atoms with Crippen LogP contribution in [0.15, 0.2) is 47.4 Å². The number of rotatable bonds is 4. The summed E-state index contributed by atoms with van der Waals surface area (Å²) in [4.78, 5) is 11.9. The number of halogens is 1. The highest BCUT2D eigenvalue weighted by Crippen LogP contribution is 2.28. The van der Waals surface area contributed by atoms with Gasteiger partial charge in [0.15, 0.2) is 0 Å². The molecule has 0 radical (unpaired) electrons. The number of hydrogen-bond acceptors (Lipinski definition) is 3. The SMILES string of the molecule is CC(=O)Nc1ccc(SCc2c(N)cccc2F)cc1. The van der Waals surface area contributed by atoms with Crippen molar-refractivity contribution in [1.82, 2.24) is 0 Å². The summed E-state index contributed by atoms with van der Waals surface area (Å²) in [5, 5.41) is 2.70. The first-order valence-corrected chi connectivity index (χ1v) is 7.08. The summed E-state index contributed by atoms with van der Waals surface area (Å²) in [5.74, 6) is 0.0785. The van der Waals surface area contributed by atoms with Gasteiger partial charge < -0.3 is 11.1 Å². The Morgan fingerprint density at radius 1 is 1.25 bits per heavy atom. The maximum Gasteiger partial charge on any atom is 0.221 e. The molecule has 0 saturated heterocycles. The molecule has 20 heavy (non-hydrogen) atoms. The monoisotopic (exact) mass is 290 g/mol. The lowest BCUT2D eigenvalue weighted by molar-refractivity contribution is -0.114. The zero-order valence-corrected chi connectivity index (χ0v) is 11.8. The highest BCUT2D eigenvalue weighted by atomic mass is 32.2. The molecule has 1 amide bonds. The summed E-state index contributed by atoms with van der Waals surface area (Å²) in [6.07, 6.45) is 0. The van der Waals surface area contributed by atoms with Crippen molar-refractivity contribution in [2.45, 2.75) is 17.6 Å². The van der Waals surface area contributed by atoms with Crippen LogP contribution in [0.1, 0.15) is 12.5 Å². The summed E-state index contributed by atoms with van der Waals surface area (Å²) >= 11 is 1.50. The van der Waals surface area contributed by atoms with Crippen LogP contribution in [-0.4, -0.2) is 5.91 Å². The minimum absolute atomic E-state index is 0.107. The number of nitrogens with two attached hydrogens (primary N) is 1. The first-order valence-electron chi connectivity index (χ1n) is 6.09. The molecular formula is C15H15FN2OS. The molecule has 0 spiro atoms. The molecule has 0 unspecified atom stereocenters. The molecule has 0 atom stereocenters. The van der Waals surface area contributed by atoms with Gasteiger partial charge in [0.2, 0.25) is 5.91 Å². The van der Waals surface area contributed by atoms with E-state index < -0.39 is 0 Å². The number of nitrogen functional groups attached to an aromatic ring is 1. The fourth-order valence-corrected chi connectivity index (χ4v) is 2.66. The number of thioether (sulfide) groups is 1. The first-order chi connectivity index (χ1) is 9.56. The molecule has 2 rings (SSSR count).